The average molecular weight is 355 g/mol. The fraction of sp³-hybridized carbons (Fsp3) is 0.263. The van der Waals surface area contributed by atoms with Crippen molar-refractivity contribution in [1.29, 1.82) is 0 Å². The van der Waals surface area contributed by atoms with Crippen LogP contribution in [0.4, 0.5) is 5.69 Å². The topological polar surface area (TPSA) is 108 Å². The van der Waals surface area contributed by atoms with Gasteiger partial charge in [-0.25, -0.2) is 4.79 Å². The Kier molecular flexibility index (Phi) is 6.43. The van der Waals surface area contributed by atoms with E-state index in [2.05, 4.69) is 15.6 Å². The van der Waals surface area contributed by atoms with E-state index in [1.54, 1.807) is 36.5 Å². The molecule has 7 heteroatoms. The summed E-state index contributed by atoms with van der Waals surface area (Å²) < 4.78 is 0. The van der Waals surface area contributed by atoms with E-state index in [0.29, 0.717) is 17.7 Å². The highest BCUT2D eigenvalue weighted by Gasteiger charge is 2.21. The Hall–Kier alpha value is -3.22. The van der Waals surface area contributed by atoms with Gasteiger partial charge in [-0.2, -0.15) is 0 Å². The molecule has 0 spiro atoms. The number of rotatable bonds is 7. The van der Waals surface area contributed by atoms with Gasteiger partial charge in [-0.3, -0.25) is 14.6 Å². The number of carboxylic acid groups (broad SMARTS) is 1. The van der Waals surface area contributed by atoms with E-state index in [4.69, 9.17) is 0 Å². The Morgan fingerprint density at radius 3 is 2.42 bits per heavy atom. The van der Waals surface area contributed by atoms with Gasteiger partial charge in [0.15, 0.2) is 0 Å². The van der Waals surface area contributed by atoms with Crippen LogP contribution in [0, 0.1) is 5.92 Å². The number of hydrogen-bond donors (Lipinski definition) is 3. The third-order valence-corrected chi connectivity index (χ3v) is 3.62. The Morgan fingerprint density at radius 1 is 1.08 bits per heavy atom. The van der Waals surface area contributed by atoms with Gasteiger partial charge >= 0.3 is 5.97 Å². The van der Waals surface area contributed by atoms with Crippen molar-refractivity contribution in [3.05, 3.63) is 59.9 Å². The van der Waals surface area contributed by atoms with Crippen LogP contribution in [0.25, 0.3) is 0 Å². The van der Waals surface area contributed by atoms with Gasteiger partial charge in [-0.15, -0.1) is 0 Å². The van der Waals surface area contributed by atoms with Crippen LogP contribution in [0.15, 0.2) is 48.8 Å². The Balaban J connectivity index is 2.09. The Labute approximate surface area is 151 Å². The molecule has 1 heterocycles. The monoisotopic (exact) mass is 355 g/mol. The third kappa shape index (κ3) is 5.41. The van der Waals surface area contributed by atoms with E-state index in [9.17, 15) is 19.5 Å². The van der Waals surface area contributed by atoms with Crippen LogP contribution in [-0.4, -0.2) is 33.9 Å². The predicted octanol–water partition coefficient (Wildman–Crippen LogP) is 2.56. The van der Waals surface area contributed by atoms with E-state index in [1.807, 2.05) is 13.8 Å². The number of hydrogen-bond acceptors (Lipinski definition) is 4. The molecule has 1 aromatic heterocycles. The number of carbonyl (C=O) groups excluding carboxylic acids is 2. The number of aliphatic carboxylic acids is 1. The lowest BCUT2D eigenvalue weighted by Crippen LogP contribution is -2.41. The maximum absolute atomic E-state index is 12.4. The molecule has 0 aliphatic carbocycles. The fourth-order valence-corrected chi connectivity index (χ4v) is 2.37. The summed E-state index contributed by atoms with van der Waals surface area (Å²) in [5.41, 5.74) is 1.09. The summed E-state index contributed by atoms with van der Waals surface area (Å²) in [4.78, 5) is 39.7. The van der Waals surface area contributed by atoms with Crippen LogP contribution in [0.1, 0.15) is 41.0 Å². The molecule has 0 aliphatic heterocycles. The number of anilines is 1. The maximum Gasteiger partial charge on any atom is 0.326 e. The number of aromatic nitrogens is 1. The minimum Gasteiger partial charge on any atom is -0.480 e. The first-order chi connectivity index (χ1) is 12.4. The SMILES string of the molecule is CC(C)C[C@@H](NC(=O)c1cccc(NC(=O)c2cccnc2)c1)C(=O)O. The average Bonchev–Trinajstić information content (AvgIpc) is 2.61. The molecule has 0 saturated carbocycles. The van der Waals surface area contributed by atoms with Gasteiger partial charge in [-0.05, 0) is 42.7 Å². The second kappa shape index (κ2) is 8.75. The van der Waals surface area contributed by atoms with Crippen LogP contribution in [0.5, 0.6) is 0 Å². The molecule has 0 saturated heterocycles. The minimum atomic E-state index is -1.08. The Bertz CT molecular complexity index is 790. The fourth-order valence-electron chi connectivity index (χ4n) is 2.37. The second-order valence-electron chi connectivity index (χ2n) is 6.27. The van der Waals surface area contributed by atoms with Crippen LogP contribution < -0.4 is 10.6 Å². The number of pyridine rings is 1. The smallest absolute Gasteiger partial charge is 0.326 e. The molecule has 0 aliphatic rings. The molecule has 2 rings (SSSR count). The number of carboxylic acids is 1. The van der Waals surface area contributed by atoms with Crippen molar-refractivity contribution >= 4 is 23.5 Å². The quantitative estimate of drug-likeness (QED) is 0.707. The summed E-state index contributed by atoms with van der Waals surface area (Å²) in [6.07, 6.45) is 3.34. The molecule has 0 fully saturated rings. The molecule has 136 valence electrons. The number of carbonyl (C=O) groups is 3. The standard InChI is InChI=1S/C19H21N3O4/c1-12(2)9-16(19(25)26)22-17(23)13-5-3-7-15(10-13)21-18(24)14-6-4-8-20-11-14/h3-8,10-12,16H,9H2,1-2H3,(H,21,24)(H,22,23)(H,25,26)/t16-/m1/s1. The first kappa shape index (κ1) is 19.1. The predicted molar refractivity (Wildman–Crippen MR) is 97.0 cm³/mol. The lowest BCUT2D eigenvalue weighted by atomic mass is 10.0. The van der Waals surface area contributed by atoms with Crippen LogP contribution in [0.2, 0.25) is 0 Å². The maximum atomic E-state index is 12.4. The highest BCUT2D eigenvalue weighted by molar-refractivity contribution is 6.05. The van der Waals surface area contributed by atoms with E-state index in [-0.39, 0.29) is 17.4 Å². The first-order valence-corrected chi connectivity index (χ1v) is 8.22. The summed E-state index contributed by atoms with van der Waals surface area (Å²) in [6.45, 7) is 3.77. The van der Waals surface area contributed by atoms with Crippen molar-refractivity contribution in [2.45, 2.75) is 26.3 Å². The molecule has 0 unspecified atom stereocenters. The molecule has 0 radical (unpaired) electrons. The summed E-state index contributed by atoms with van der Waals surface area (Å²) in [6, 6.07) is 8.64. The number of benzene rings is 1. The molecule has 0 bridgehead atoms. The summed E-state index contributed by atoms with van der Waals surface area (Å²) in [5, 5.41) is 14.4. The Morgan fingerprint density at radius 2 is 1.81 bits per heavy atom. The summed E-state index contributed by atoms with van der Waals surface area (Å²) in [5.74, 6) is -1.80. The molecule has 3 N–H and O–H groups in total. The van der Waals surface area contributed by atoms with Crippen LogP contribution >= 0.6 is 0 Å². The van der Waals surface area contributed by atoms with Gasteiger partial charge in [0.05, 0.1) is 5.56 Å². The lowest BCUT2D eigenvalue weighted by Gasteiger charge is -2.16. The van der Waals surface area contributed by atoms with Crippen molar-refractivity contribution in [3.63, 3.8) is 0 Å². The van der Waals surface area contributed by atoms with Crippen molar-refractivity contribution in [1.82, 2.24) is 10.3 Å². The van der Waals surface area contributed by atoms with E-state index < -0.39 is 17.9 Å². The van der Waals surface area contributed by atoms with Crippen LogP contribution in [0.3, 0.4) is 0 Å². The van der Waals surface area contributed by atoms with Gasteiger partial charge in [-0.1, -0.05) is 19.9 Å². The number of amides is 2. The van der Waals surface area contributed by atoms with Gasteiger partial charge in [0.25, 0.3) is 11.8 Å². The third-order valence-electron chi connectivity index (χ3n) is 3.62. The van der Waals surface area contributed by atoms with E-state index >= 15 is 0 Å². The van der Waals surface area contributed by atoms with Crippen molar-refractivity contribution in [2.24, 2.45) is 5.92 Å². The normalized spacial score (nSPS) is 11.7. The van der Waals surface area contributed by atoms with E-state index in [1.165, 1.54) is 12.3 Å². The van der Waals surface area contributed by atoms with Crippen molar-refractivity contribution in [2.75, 3.05) is 5.32 Å². The van der Waals surface area contributed by atoms with E-state index in [0.717, 1.165) is 0 Å². The van der Waals surface area contributed by atoms with Gasteiger partial charge in [0.2, 0.25) is 0 Å². The second-order valence-corrected chi connectivity index (χ2v) is 6.27. The number of nitrogens with one attached hydrogen (secondary N) is 2. The highest BCUT2D eigenvalue weighted by atomic mass is 16.4. The molecule has 1 atom stereocenters. The minimum absolute atomic E-state index is 0.126. The van der Waals surface area contributed by atoms with Crippen molar-refractivity contribution in [3.8, 4) is 0 Å². The first-order valence-electron chi connectivity index (χ1n) is 8.22. The summed E-state index contributed by atoms with van der Waals surface area (Å²) in [7, 11) is 0. The largest absolute Gasteiger partial charge is 0.480 e. The lowest BCUT2D eigenvalue weighted by molar-refractivity contribution is -0.139. The molecule has 1 aromatic carbocycles. The zero-order chi connectivity index (χ0) is 19.1. The zero-order valence-corrected chi connectivity index (χ0v) is 14.6. The molecular formula is C19H21N3O4. The molecule has 7 nitrogen and oxygen atoms in total. The molecule has 2 amide bonds. The molecule has 2 aromatic rings. The van der Waals surface area contributed by atoms with Gasteiger partial charge in [0.1, 0.15) is 6.04 Å². The van der Waals surface area contributed by atoms with Crippen LogP contribution in [-0.2, 0) is 4.79 Å². The van der Waals surface area contributed by atoms with Gasteiger partial charge in [0, 0.05) is 23.6 Å². The zero-order valence-electron chi connectivity index (χ0n) is 14.6. The highest BCUT2D eigenvalue weighted by Crippen LogP contribution is 2.13. The summed E-state index contributed by atoms with van der Waals surface area (Å²) >= 11 is 0. The van der Waals surface area contributed by atoms with Gasteiger partial charge < -0.3 is 15.7 Å². The molecule has 26 heavy (non-hydrogen) atoms. The van der Waals surface area contributed by atoms with Crippen molar-refractivity contribution < 1.29 is 19.5 Å². The number of nitrogens with zero attached hydrogens (tertiary/aromatic N) is 1. The molecular weight excluding hydrogens is 334 g/mol.